The largest absolute Gasteiger partial charge is 0.493 e. The van der Waals surface area contributed by atoms with Crippen LogP contribution in [0.25, 0.3) is 11.5 Å². The first kappa shape index (κ1) is 18.0. The first-order valence-corrected chi connectivity index (χ1v) is 8.39. The van der Waals surface area contributed by atoms with E-state index in [1.807, 2.05) is 6.07 Å². The van der Waals surface area contributed by atoms with Crippen LogP contribution in [0.4, 0.5) is 4.79 Å². The van der Waals surface area contributed by atoms with Crippen molar-refractivity contribution in [3.8, 4) is 23.0 Å². The number of piperazine rings is 1. The lowest BCUT2D eigenvalue weighted by atomic mass is 10.1. The Labute approximate surface area is 150 Å². The van der Waals surface area contributed by atoms with E-state index < -0.39 is 6.09 Å². The van der Waals surface area contributed by atoms with Gasteiger partial charge in [0.15, 0.2) is 11.5 Å². The molecule has 3 rings (SSSR count). The summed E-state index contributed by atoms with van der Waals surface area (Å²) >= 11 is 0. The summed E-state index contributed by atoms with van der Waals surface area (Å²) in [6.45, 7) is 3.80. The predicted octanol–water partition coefficient (Wildman–Crippen LogP) is 1.77. The number of hydrogen-bond acceptors (Lipinski definition) is 7. The minimum Gasteiger partial charge on any atom is -0.493 e. The molecule has 1 amide bonds. The van der Waals surface area contributed by atoms with E-state index in [1.165, 1.54) is 4.90 Å². The second kappa shape index (κ2) is 8.05. The highest BCUT2D eigenvalue weighted by molar-refractivity contribution is 5.65. The van der Waals surface area contributed by atoms with Crippen molar-refractivity contribution in [1.29, 1.82) is 0 Å². The molecule has 0 saturated carbocycles. The lowest BCUT2D eigenvalue weighted by Crippen LogP contribution is -2.52. The maximum Gasteiger partial charge on any atom is 0.407 e. The van der Waals surface area contributed by atoms with Crippen LogP contribution in [0, 0.1) is 6.92 Å². The Balaban J connectivity index is 1.58. The summed E-state index contributed by atoms with van der Waals surface area (Å²) in [5.41, 5.74) is 0.751. The molecule has 0 radical (unpaired) electrons. The minimum absolute atomic E-state index is 0.0755. The number of nitrogens with zero attached hydrogens (tertiary/aromatic N) is 3. The fourth-order valence-corrected chi connectivity index (χ4v) is 2.84. The van der Waals surface area contributed by atoms with Crippen molar-refractivity contribution in [2.75, 3.05) is 33.4 Å². The zero-order chi connectivity index (χ0) is 18.5. The number of benzene rings is 1. The van der Waals surface area contributed by atoms with E-state index in [9.17, 15) is 4.79 Å². The summed E-state index contributed by atoms with van der Waals surface area (Å²) in [7, 11) is 1.57. The fraction of sp³-hybridized carbons (Fsp3) is 0.471. The molecular formula is C17H22N4O5. The van der Waals surface area contributed by atoms with Gasteiger partial charge in [-0.05, 0) is 24.6 Å². The molecule has 9 nitrogen and oxygen atoms in total. The molecule has 26 heavy (non-hydrogen) atoms. The van der Waals surface area contributed by atoms with Crippen LogP contribution in [0.3, 0.4) is 0 Å². The van der Waals surface area contributed by atoms with Gasteiger partial charge in [-0.3, -0.25) is 0 Å². The number of methoxy groups -OCH3 is 1. The van der Waals surface area contributed by atoms with E-state index in [0.29, 0.717) is 55.9 Å². The molecule has 0 bridgehead atoms. The van der Waals surface area contributed by atoms with Gasteiger partial charge in [0.05, 0.1) is 13.7 Å². The molecule has 1 atom stereocenters. The first-order valence-electron chi connectivity index (χ1n) is 8.39. The highest BCUT2D eigenvalue weighted by Gasteiger charge is 2.22. The van der Waals surface area contributed by atoms with Gasteiger partial charge in [0, 0.05) is 38.2 Å². The number of aryl methyl sites for hydroxylation is 1. The van der Waals surface area contributed by atoms with Gasteiger partial charge in [0.2, 0.25) is 11.8 Å². The minimum atomic E-state index is -0.883. The standard InChI is InChI=1S/C17H22N4O5/c1-11-19-20-16(26-11)12-3-4-14(15(9-12)24-2)25-8-5-13-10-21(17(22)23)7-6-18-13/h3-4,9,13,18H,5-8,10H2,1-2H3,(H,22,23)/t13-/m1/s1. The molecule has 2 heterocycles. The maximum atomic E-state index is 11.1. The van der Waals surface area contributed by atoms with Gasteiger partial charge in [-0.25, -0.2) is 4.79 Å². The molecule has 1 aromatic carbocycles. The second-order valence-corrected chi connectivity index (χ2v) is 6.01. The summed E-state index contributed by atoms with van der Waals surface area (Å²) in [4.78, 5) is 12.5. The van der Waals surface area contributed by atoms with Crippen LogP contribution in [-0.2, 0) is 0 Å². The van der Waals surface area contributed by atoms with Gasteiger partial charge in [0.1, 0.15) is 0 Å². The molecule has 9 heteroatoms. The van der Waals surface area contributed by atoms with E-state index in [2.05, 4.69) is 15.5 Å². The molecule has 2 aromatic rings. The normalized spacial score (nSPS) is 17.2. The number of carboxylic acid groups (broad SMARTS) is 1. The van der Waals surface area contributed by atoms with Crippen molar-refractivity contribution in [2.24, 2.45) is 0 Å². The highest BCUT2D eigenvalue weighted by Crippen LogP contribution is 2.32. The van der Waals surface area contributed by atoms with Gasteiger partial charge in [0.25, 0.3) is 0 Å². The lowest BCUT2D eigenvalue weighted by Gasteiger charge is -2.31. The van der Waals surface area contributed by atoms with E-state index >= 15 is 0 Å². The summed E-state index contributed by atoms with van der Waals surface area (Å²) < 4.78 is 16.6. The summed E-state index contributed by atoms with van der Waals surface area (Å²) in [6, 6.07) is 5.49. The Bertz CT molecular complexity index is 763. The van der Waals surface area contributed by atoms with Crippen LogP contribution in [0.15, 0.2) is 22.6 Å². The van der Waals surface area contributed by atoms with E-state index in [1.54, 1.807) is 26.2 Å². The highest BCUT2D eigenvalue weighted by atomic mass is 16.5. The fourth-order valence-electron chi connectivity index (χ4n) is 2.84. The SMILES string of the molecule is COc1cc(-c2nnc(C)o2)ccc1OCC[C@@H]1CN(C(=O)O)CCN1. The van der Waals surface area contributed by atoms with Crippen molar-refractivity contribution in [3.05, 3.63) is 24.1 Å². The van der Waals surface area contributed by atoms with Crippen LogP contribution >= 0.6 is 0 Å². The van der Waals surface area contributed by atoms with Crippen molar-refractivity contribution >= 4 is 6.09 Å². The van der Waals surface area contributed by atoms with Crippen molar-refractivity contribution in [2.45, 2.75) is 19.4 Å². The van der Waals surface area contributed by atoms with Crippen LogP contribution in [0.1, 0.15) is 12.3 Å². The third kappa shape index (κ3) is 4.23. The molecule has 2 N–H and O–H groups in total. The summed E-state index contributed by atoms with van der Waals surface area (Å²) in [5.74, 6) is 2.10. The number of amides is 1. The Morgan fingerprint density at radius 3 is 2.96 bits per heavy atom. The van der Waals surface area contributed by atoms with Crippen LogP contribution < -0.4 is 14.8 Å². The van der Waals surface area contributed by atoms with E-state index in [-0.39, 0.29) is 6.04 Å². The van der Waals surface area contributed by atoms with Crippen LogP contribution in [0.5, 0.6) is 11.5 Å². The van der Waals surface area contributed by atoms with E-state index in [4.69, 9.17) is 19.0 Å². The first-order chi connectivity index (χ1) is 12.6. The van der Waals surface area contributed by atoms with Crippen LogP contribution in [0.2, 0.25) is 0 Å². The number of nitrogens with one attached hydrogen (secondary N) is 1. The Morgan fingerprint density at radius 2 is 2.27 bits per heavy atom. The zero-order valence-electron chi connectivity index (χ0n) is 14.8. The molecule has 0 aliphatic carbocycles. The lowest BCUT2D eigenvalue weighted by molar-refractivity contribution is 0.124. The van der Waals surface area contributed by atoms with Crippen molar-refractivity contribution in [1.82, 2.24) is 20.4 Å². The maximum absolute atomic E-state index is 11.1. The van der Waals surface area contributed by atoms with Gasteiger partial charge in [-0.2, -0.15) is 0 Å². The van der Waals surface area contributed by atoms with Crippen molar-refractivity contribution < 1.29 is 23.8 Å². The molecule has 0 unspecified atom stereocenters. The summed E-state index contributed by atoms with van der Waals surface area (Å²) in [6.07, 6.45) is -0.191. The average molecular weight is 362 g/mol. The predicted molar refractivity (Wildman–Crippen MR) is 92.5 cm³/mol. The smallest absolute Gasteiger partial charge is 0.407 e. The Kier molecular flexibility index (Phi) is 5.57. The molecule has 1 fully saturated rings. The third-order valence-corrected chi connectivity index (χ3v) is 4.19. The Hall–Kier alpha value is -2.81. The topological polar surface area (TPSA) is 110 Å². The monoisotopic (exact) mass is 362 g/mol. The number of rotatable bonds is 6. The molecule has 1 aromatic heterocycles. The van der Waals surface area contributed by atoms with Gasteiger partial charge in [-0.1, -0.05) is 0 Å². The second-order valence-electron chi connectivity index (χ2n) is 6.01. The Morgan fingerprint density at radius 1 is 1.42 bits per heavy atom. The summed E-state index contributed by atoms with van der Waals surface area (Å²) in [5, 5.41) is 20.2. The quantitative estimate of drug-likeness (QED) is 0.800. The van der Waals surface area contributed by atoms with Gasteiger partial charge < -0.3 is 29.2 Å². The molecule has 140 valence electrons. The molecule has 1 aliphatic rings. The van der Waals surface area contributed by atoms with Gasteiger partial charge in [-0.15, -0.1) is 10.2 Å². The average Bonchev–Trinajstić information content (AvgIpc) is 3.08. The van der Waals surface area contributed by atoms with Crippen LogP contribution in [-0.4, -0.2) is 65.7 Å². The third-order valence-electron chi connectivity index (χ3n) is 4.19. The number of carbonyl (C=O) groups is 1. The zero-order valence-corrected chi connectivity index (χ0v) is 14.8. The van der Waals surface area contributed by atoms with Crippen molar-refractivity contribution in [3.63, 3.8) is 0 Å². The van der Waals surface area contributed by atoms with Gasteiger partial charge >= 0.3 is 6.09 Å². The van der Waals surface area contributed by atoms with E-state index in [0.717, 1.165) is 5.56 Å². The molecule has 1 saturated heterocycles. The number of aromatic nitrogens is 2. The number of hydrogen-bond donors (Lipinski definition) is 2. The number of ether oxygens (including phenoxy) is 2. The molecular weight excluding hydrogens is 340 g/mol. The molecule has 1 aliphatic heterocycles. The molecule has 0 spiro atoms.